The van der Waals surface area contributed by atoms with Crippen LogP contribution in [0.4, 0.5) is 0 Å². The summed E-state index contributed by atoms with van der Waals surface area (Å²) in [5, 5.41) is 4.10. The van der Waals surface area contributed by atoms with Crippen molar-refractivity contribution in [2.75, 3.05) is 0 Å². The largest absolute Gasteiger partial charge is 0.245 e. The van der Waals surface area contributed by atoms with Gasteiger partial charge in [-0.15, -0.1) is 0 Å². The van der Waals surface area contributed by atoms with Crippen molar-refractivity contribution in [2.45, 2.75) is 96.9 Å². The van der Waals surface area contributed by atoms with Crippen LogP contribution in [0.5, 0.6) is 0 Å². The summed E-state index contributed by atoms with van der Waals surface area (Å²) in [7, 11) is 0. The Kier molecular flexibility index (Phi) is 14.6. The van der Waals surface area contributed by atoms with Gasteiger partial charge in [0, 0.05) is 63.9 Å². The van der Waals surface area contributed by atoms with Gasteiger partial charge in [0.25, 0.3) is 0 Å². The lowest BCUT2D eigenvalue weighted by atomic mass is 9.89. The lowest BCUT2D eigenvalue weighted by Gasteiger charge is -2.19. The Morgan fingerprint density at radius 3 is 0.917 bits per heavy atom. The molecule has 4 aromatic heterocycles. The number of aryl methyl sites for hydroxylation is 6. The number of hydrogen-bond acceptors (Lipinski definition) is 4. The minimum Gasteiger partial charge on any atom is -0.245 e. The van der Waals surface area contributed by atoms with E-state index < -0.39 is 0 Å². The van der Waals surface area contributed by atoms with Gasteiger partial charge < -0.3 is 0 Å². The molecule has 0 atom stereocenters. The number of halogens is 2. The fourth-order valence-electron chi connectivity index (χ4n) is 12.7. The Hall–Kier alpha value is -8.52. The maximum atomic E-state index is 5.58. The number of hydrogen-bond donors (Lipinski definition) is 0. The van der Waals surface area contributed by atoms with Crippen LogP contribution in [0.1, 0.15) is 100 Å². The zero-order chi connectivity index (χ0) is 59.2. The predicted molar refractivity (Wildman–Crippen MR) is 361 cm³/mol. The van der Waals surface area contributed by atoms with Crippen molar-refractivity contribution in [3.8, 4) is 79.8 Å². The second-order valence-corrected chi connectivity index (χ2v) is 24.7. The van der Waals surface area contributed by atoms with Gasteiger partial charge in [-0.05, 0) is 223 Å². The van der Waals surface area contributed by atoms with Crippen molar-refractivity contribution in [2.24, 2.45) is 0 Å². The average molecular weight is 1220 g/mol. The topological polar surface area (TPSA) is 51.6 Å². The van der Waals surface area contributed by atoms with Crippen LogP contribution < -0.4 is 0 Å². The first-order valence-corrected chi connectivity index (χ1v) is 30.3. The molecule has 4 nitrogen and oxygen atoms in total. The van der Waals surface area contributed by atoms with E-state index in [9.17, 15) is 0 Å². The van der Waals surface area contributed by atoms with E-state index in [4.69, 9.17) is 19.9 Å². The molecule has 0 N–H and O–H groups in total. The second kappa shape index (κ2) is 21.9. The molecule has 410 valence electrons. The van der Waals surface area contributed by atoms with E-state index in [0.29, 0.717) is 0 Å². The summed E-state index contributed by atoms with van der Waals surface area (Å²) in [5.74, 6) is 14.3. The minimum atomic E-state index is 0.867. The molecule has 6 heteroatoms. The van der Waals surface area contributed by atoms with Crippen LogP contribution in [0.25, 0.3) is 99.8 Å². The van der Waals surface area contributed by atoms with Gasteiger partial charge in [0.2, 0.25) is 0 Å². The molecule has 0 aliphatic carbocycles. The number of pyridine rings is 4. The summed E-state index contributed by atoms with van der Waals surface area (Å²) >= 11 is 7.80. The van der Waals surface area contributed by atoms with Gasteiger partial charge >= 0.3 is 0 Å². The van der Waals surface area contributed by atoms with Gasteiger partial charge in [0.05, 0.1) is 56.0 Å². The van der Waals surface area contributed by atoms with Crippen molar-refractivity contribution in [1.29, 1.82) is 0 Å². The Labute approximate surface area is 511 Å². The van der Waals surface area contributed by atoms with Crippen LogP contribution in [0.3, 0.4) is 0 Å². The van der Waals surface area contributed by atoms with Gasteiger partial charge in [-0.25, -0.2) is 19.9 Å². The van der Waals surface area contributed by atoms with Crippen LogP contribution in [-0.4, -0.2) is 19.9 Å². The zero-order valence-electron chi connectivity index (χ0n) is 50.2. The van der Waals surface area contributed by atoms with Gasteiger partial charge in [-0.3, -0.25) is 0 Å². The molecule has 0 amide bonds. The second-order valence-electron chi connectivity index (χ2n) is 23.2. The monoisotopic (exact) mass is 1210 g/mol. The zero-order valence-corrected chi connectivity index (χ0v) is 53.4. The lowest BCUT2D eigenvalue weighted by molar-refractivity contribution is 1.20. The molecule has 4 heterocycles. The van der Waals surface area contributed by atoms with E-state index in [-0.39, 0.29) is 0 Å². The Balaban J connectivity index is 0.893. The third-order valence-electron chi connectivity index (χ3n) is 17.5. The highest BCUT2D eigenvalue weighted by Gasteiger charge is 2.23. The first-order chi connectivity index (χ1) is 40.2. The third kappa shape index (κ3) is 9.90. The van der Waals surface area contributed by atoms with Crippen molar-refractivity contribution < 1.29 is 0 Å². The highest BCUT2D eigenvalue weighted by Crippen LogP contribution is 2.42. The summed E-state index contributed by atoms with van der Waals surface area (Å²) in [6, 6.07) is 47.6. The van der Waals surface area contributed by atoms with E-state index in [1.807, 2.05) is 0 Å². The maximum absolute atomic E-state index is 5.58. The quantitative estimate of drug-likeness (QED) is 0.127. The predicted octanol–water partition coefficient (Wildman–Crippen LogP) is 20.9. The number of rotatable bonds is 5. The Morgan fingerprint density at radius 1 is 0.286 bits per heavy atom. The highest BCUT2D eigenvalue weighted by atomic mass is 79.9. The summed E-state index contributed by atoms with van der Waals surface area (Å²) in [5.41, 5.74) is 34.3. The van der Waals surface area contributed by atoms with E-state index in [1.54, 1.807) is 0 Å². The van der Waals surface area contributed by atoms with Gasteiger partial charge in [0.15, 0.2) is 0 Å². The molecule has 12 rings (SSSR count). The maximum Gasteiger partial charge on any atom is 0.0973 e. The fraction of sp³-hybridized carbons (Fsp3) is 0.179. The Bertz CT molecular complexity index is 4530. The summed E-state index contributed by atoms with van der Waals surface area (Å²) in [6.45, 7) is 30.5. The molecule has 8 aromatic carbocycles. The normalized spacial score (nSPS) is 11.4. The molecule has 0 fully saturated rings. The van der Waals surface area contributed by atoms with Crippen LogP contribution in [0.2, 0.25) is 0 Å². The smallest absolute Gasteiger partial charge is 0.0973 e. The van der Waals surface area contributed by atoms with E-state index in [1.165, 1.54) is 89.0 Å². The fourth-order valence-corrected chi connectivity index (χ4v) is 13.9. The van der Waals surface area contributed by atoms with Gasteiger partial charge in [-0.2, -0.15) is 0 Å². The molecule has 0 aliphatic rings. The summed E-state index contributed by atoms with van der Waals surface area (Å²) in [6.07, 6.45) is 0. The molecule has 0 radical (unpaired) electrons. The number of benzene rings is 8. The van der Waals surface area contributed by atoms with Crippen molar-refractivity contribution in [1.82, 2.24) is 19.9 Å². The molecule has 0 aliphatic heterocycles. The molecule has 84 heavy (non-hydrogen) atoms. The SMILES string of the molecule is Cc1cc(C)c(-c2ccc3ccc4cc(C#Cc5ccc(-c6ccc(C#Cc7cc8ccc9ccc(-c%10c(C)cc(C)cc%10C)nc9c8nc7-c7c(C)c(C)c(Br)c(C)c7C)cc6)cc5)c(-c5c(C)c(C)c(Br)c(C)c5C)nc4c3n2)c(C)c1. The standard InChI is InChI=1S/C78H64Br2N4/c1-41-35-43(3)67(44(4)36-41)65-33-31-59-27-29-63-39-61(73(83-77(63)75(59)81-65)69-47(7)51(11)71(79)52(12)48(69)8)25-19-55-15-21-57(22-16-55)58-23-17-56(18-24-58)20-26-62-40-64-30-28-60-32-34-66(68-45(5)37-42(2)38-46(68)6)82-76(60)78(64)84-74(62)70-49(9)53(13)72(80)54(14)50(70)10/h15-18,21-24,27-40H,1-14H3. The number of aromatic nitrogens is 4. The molecular formula is C78H64Br2N4. The van der Waals surface area contributed by atoms with Crippen LogP contribution in [0, 0.1) is 121 Å². The number of nitrogens with zero attached hydrogens (tertiary/aromatic N) is 4. The van der Waals surface area contributed by atoms with Crippen LogP contribution in [-0.2, 0) is 0 Å². The third-order valence-corrected chi connectivity index (χ3v) is 19.9. The van der Waals surface area contributed by atoms with Crippen molar-refractivity contribution in [3.05, 3.63) is 243 Å². The highest BCUT2D eigenvalue weighted by molar-refractivity contribution is 9.11. The van der Waals surface area contributed by atoms with Crippen LogP contribution >= 0.6 is 31.9 Å². The Morgan fingerprint density at radius 2 is 0.583 bits per heavy atom. The molecule has 0 spiro atoms. The van der Waals surface area contributed by atoms with Crippen molar-refractivity contribution in [3.63, 3.8) is 0 Å². The first kappa shape index (κ1) is 56.0. The summed E-state index contributed by atoms with van der Waals surface area (Å²) in [4.78, 5) is 21.9. The van der Waals surface area contributed by atoms with Gasteiger partial charge in [-0.1, -0.05) is 152 Å². The number of fused-ring (bicyclic) bond motifs is 6. The molecule has 0 unspecified atom stereocenters. The molecule has 0 bridgehead atoms. The summed E-state index contributed by atoms with van der Waals surface area (Å²) < 4.78 is 2.26. The molecular weight excluding hydrogens is 1150 g/mol. The molecule has 0 saturated heterocycles. The average Bonchev–Trinajstić information content (AvgIpc) is 1.68. The van der Waals surface area contributed by atoms with Crippen molar-refractivity contribution >= 4 is 75.5 Å². The minimum absolute atomic E-state index is 0.867. The van der Waals surface area contributed by atoms with E-state index in [2.05, 4.69) is 286 Å². The lowest BCUT2D eigenvalue weighted by Crippen LogP contribution is -2.02. The first-order valence-electron chi connectivity index (χ1n) is 28.7. The van der Waals surface area contributed by atoms with E-state index in [0.717, 1.165) is 120 Å². The molecule has 0 saturated carbocycles. The van der Waals surface area contributed by atoms with E-state index >= 15 is 0 Å². The van der Waals surface area contributed by atoms with Crippen LogP contribution in [0.15, 0.2) is 142 Å². The molecule has 12 aromatic rings. The van der Waals surface area contributed by atoms with Gasteiger partial charge in [0.1, 0.15) is 0 Å².